The highest BCUT2D eigenvalue weighted by molar-refractivity contribution is 7.10. The monoisotopic (exact) mass is 439 g/mol. The summed E-state index contributed by atoms with van der Waals surface area (Å²) in [6.45, 7) is 1.94. The molecule has 2 atom stereocenters. The standard InChI is InChI=1S/C24H25NO3S2/c1-14-21(24(27)28-17-5-2-3-6-17)22(15-8-10-29-13-15)23-18(25-14)11-16(12-19(23)26)20-7-4-9-30-20/h4,7-10,13,16-17,22,25H,2-3,5-6,11-12H2,1H3/t16-,22-/m0/s1. The van der Waals surface area contributed by atoms with Gasteiger partial charge in [0.25, 0.3) is 0 Å². The number of hydrogen-bond acceptors (Lipinski definition) is 6. The number of allylic oxidation sites excluding steroid dienone is 3. The Morgan fingerprint density at radius 3 is 2.70 bits per heavy atom. The molecule has 5 rings (SSSR count). The van der Waals surface area contributed by atoms with Gasteiger partial charge in [-0.05, 0) is 72.9 Å². The summed E-state index contributed by atoms with van der Waals surface area (Å²) in [7, 11) is 0. The number of ether oxygens (including phenoxy) is 1. The molecule has 0 saturated heterocycles. The zero-order valence-electron chi connectivity index (χ0n) is 17.0. The highest BCUT2D eigenvalue weighted by Crippen LogP contribution is 2.46. The minimum atomic E-state index is -0.335. The molecule has 4 nitrogen and oxygen atoms in total. The molecule has 1 fully saturated rings. The number of thiophene rings is 2. The van der Waals surface area contributed by atoms with E-state index in [-0.39, 0.29) is 29.7 Å². The molecule has 6 heteroatoms. The van der Waals surface area contributed by atoms with E-state index in [2.05, 4.69) is 22.1 Å². The number of Topliss-reactive ketones (excluding diaryl/α,β-unsaturated/α-hetero) is 1. The summed E-state index contributed by atoms with van der Waals surface area (Å²) in [5.41, 5.74) is 4.14. The lowest BCUT2D eigenvalue weighted by Gasteiger charge is -2.36. The number of rotatable bonds is 4. The fourth-order valence-electron chi connectivity index (χ4n) is 5.03. The van der Waals surface area contributed by atoms with Gasteiger partial charge in [-0.15, -0.1) is 11.3 Å². The van der Waals surface area contributed by atoms with Crippen LogP contribution in [-0.4, -0.2) is 17.9 Å². The maximum Gasteiger partial charge on any atom is 0.337 e. The highest BCUT2D eigenvalue weighted by Gasteiger charge is 2.42. The van der Waals surface area contributed by atoms with Crippen molar-refractivity contribution in [3.63, 3.8) is 0 Å². The van der Waals surface area contributed by atoms with Crippen LogP contribution >= 0.6 is 22.7 Å². The van der Waals surface area contributed by atoms with Gasteiger partial charge in [0.15, 0.2) is 5.78 Å². The molecule has 2 aromatic rings. The molecule has 2 aliphatic carbocycles. The largest absolute Gasteiger partial charge is 0.459 e. The Balaban J connectivity index is 1.51. The van der Waals surface area contributed by atoms with Gasteiger partial charge in [0, 0.05) is 40.1 Å². The summed E-state index contributed by atoms with van der Waals surface area (Å²) in [5, 5.41) is 9.56. The number of dihydropyridines is 1. The molecule has 0 unspecified atom stereocenters. The number of carbonyl (C=O) groups is 2. The second kappa shape index (κ2) is 8.16. The van der Waals surface area contributed by atoms with E-state index in [1.165, 1.54) is 4.88 Å². The van der Waals surface area contributed by atoms with Gasteiger partial charge in [-0.2, -0.15) is 11.3 Å². The lowest BCUT2D eigenvalue weighted by molar-refractivity contribution is -0.144. The van der Waals surface area contributed by atoms with Crippen LogP contribution in [0, 0.1) is 0 Å². The maximum atomic E-state index is 13.4. The molecule has 1 saturated carbocycles. The molecule has 0 spiro atoms. The summed E-state index contributed by atoms with van der Waals surface area (Å²) in [5.74, 6) is -0.273. The van der Waals surface area contributed by atoms with E-state index in [0.717, 1.165) is 54.6 Å². The summed E-state index contributed by atoms with van der Waals surface area (Å²) >= 11 is 3.30. The maximum absolute atomic E-state index is 13.4. The van der Waals surface area contributed by atoms with Gasteiger partial charge in [0.2, 0.25) is 0 Å². The van der Waals surface area contributed by atoms with Gasteiger partial charge in [-0.25, -0.2) is 4.79 Å². The molecule has 3 aliphatic rings. The summed E-state index contributed by atoms with van der Waals surface area (Å²) < 4.78 is 5.88. The SMILES string of the molecule is CC1=C(C(=O)OC2CCCC2)[C@H](c2ccsc2)C2=C(C[C@H](c3cccs3)CC2=O)N1. The van der Waals surface area contributed by atoms with Crippen LogP contribution < -0.4 is 5.32 Å². The van der Waals surface area contributed by atoms with Crippen molar-refractivity contribution in [3.8, 4) is 0 Å². The van der Waals surface area contributed by atoms with E-state index in [1.54, 1.807) is 22.7 Å². The third kappa shape index (κ3) is 3.56. The number of esters is 1. The quantitative estimate of drug-likeness (QED) is 0.625. The molecule has 0 amide bonds. The predicted molar refractivity (Wildman–Crippen MR) is 120 cm³/mol. The third-order valence-electron chi connectivity index (χ3n) is 6.45. The Labute approximate surface area is 184 Å². The minimum absolute atomic E-state index is 0.00145. The van der Waals surface area contributed by atoms with E-state index in [4.69, 9.17) is 4.74 Å². The fourth-order valence-corrected chi connectivity index (χ4v) is 6.54. The molecule has 1 N–H and O–H groups in total. The molecule has 1 aliphatic heterocycles. The molecular formula is C24H25NO3S2. The van der Waals surface area contributed by atoms with Crippen LogP contribution in [0.5, 0.6) is 0 Å². The normalized spacial score (nSPS) is 24.8. The summed E-state index contributed by atoms with van der Waals surface area (Å²) in [4.78, 5) is 27.9. The van der Waals surface area contributed by atoms with Crippen molar-refractivity contribution in [3.05, 3.63) is 67.3 Å². The van der Waals surface area contributed by atoms with Crippen LogP contribution in [-0.2, 0) is 14.3 Å². The van der Waals surface area contributed by atoms with Gasteiger partial charge in [0.1, 0.15) is 6.10 Å². The molecule has 0 aromatic carbocycles. The summed E-state index contributed by atoms with van der Waals surface area (Å²) in [6.07, 6.45) is 5.38. The van der Waals surface area contributed by atoms with Gasteiger partial charge >= 0.3 is 5.97 Å². The Morgan fingerprint density at radius 2 is 2.00 bits per heavy atom. The molecule has 0 bridgehead atoms. The van der Waals surface area contributed by atoms with Crippen LogP contribution in [0.3, 0.4) is 0 Å². The van der Waals surface area contributed by atoms with Crippen molar-refractivity contribution in [1.82, 2.24) is 5.32 Å². The predicted octanol–water partition coefficient (Wildman–Crippen LogP) is 5.66. The lowest BCUT2D eigenvalue weighted by Crippen LogP contribution is -2.36. The zero-order valence-corrected chi connectivity index (χ0v) is 18.6. The molecule has 3 heterocycles. The van der Waals surface area contributed by atoms with Crippen LogP contribution in [0.4, 0.5) is 0 Å². The first-order chi connectivity index (χ1) is 14.6. The Kier molecular flexibility index (Phi) is 5.37. The van der Waals surface area contributed by atoms with Gasteiger partial charge < -0.3 is 10.1 Å². The van der Waals surface area contributed by atoms with Gasteiger partial charge in [-0.1, -0.05) is 6.07 Å². The van der Waals surface area contributed by atoms with E-state index < -0.39 is 0 Å². The topological polar surface area (TPSA) is 55.4 Å². The van der Waals surface area contributed by atoms with Crippen molar-refractivity contribution >= 4 is 34.4 Å². The van der Waals surface area contributed by atoms with Crippen molar-refractivity contribution in [2.75, 3.05) is 0 Å². The van der Waals surface area contributed by atoms with Crippen LogP contribution in [0.2, 0.25) is 0 Å². The van der Waals surface area contributed by atoms with E-state index in [0.29, 0.717) is 12.0 Å². The van der Waals surface area contributed by atoms with Crippen molar-refractivity contribution in [1.29, 1.82) is 0 Å². The van der Waals surface area contributed by atoms with Crippen LogP contribution in [0.25, 0.3) is 0 Å². The smallest absolute Gasteiger partial charge is 0.337 e. The number of hydrogen-bond donors (Lipinski definition) is 1. The van der Waals surface area contributed by atoms with Crippen molar-refractivity contribution < 1.29 is 14.3 Å². The average Bonchev–Trinajstić information content (AvgIpc) is 3.49. The molecular weight excluding hydrogens is 414 g/mol. The number of ketones is 1. The first-order valence-corrected chi connectivity index (χ1v) is 12.4. The van der Waals surface area contributed by atoms with E-state index in [9.17, 15) is 9.59 Å². The minimum Gasteiger partial charge on any atom is -0.459 e. The Bertz CT molecular complexity index is 1010. The lowest BCUT2D eigenvalue weighted by atomic mass is 9.73. The average molecular weight is 440 g/mol. The second-order valence-electron chi connectivity index (χ2n) is 8.40. The molecule has 30 heavy (non-hydrogen) atoms. The van der Waals surface area contributed by atoms with Crippen molar-refractivity contribution in [2.24, 2.45) is 0 Å². The van der Waals surface area contributed by atoms with Gasteiger partial charge in [-0.3, -0.25) is 4.79 Å². The zero-order chi connectivity index (χ0) is 20.7. The number of nitrogens with one attached hydrogen (secondary N) is 1. The highest BCUT2D eigenvalue weighted by atomic mass is 32.1. The number of carbonyl (C=O) groups excluding carboxylic acids is 2. The summed E-state index contributed by atoms with van der Waals surface area (Å²) in [6, 6.07) is 6.18. The Hall–Kier alpha value is -2.18. The van der Waals surface area contributed by atoms with Crippen molar-refractivity contribution in [2.45, 2.75) is 63.4 Å². The van der Waals surface area contributed by atoms with E-state index >= 15 is 0 Å². The van der Waals surface area contributed by atoms with E-state index in [1.807, 2.05) is 24.4 Å². The molecule has 0 radical (unpaired) electrons. The second-order valence-corrected chi connectivity index (χ2v) is 10.2. The molecule has 2 aromatic heterocycles. The Morgan fingerprint density at radius 1 is 1.17 bits per heavy atom. The van der Waals surface area contributed by atoms with Crippen LogP contribution in [0.1, 0.15) is 67.7 Å². The first-order valence-electron chi connectivity index (χ1n) is 10.6. The third-order valence-corrected chi connectivity index (χ3v) is 8.18. The fraction of sp³-hybridized carbons (Fsp3) is 0.417. The molecule has 156 valence electrons. The first kappa shape index (κ1) is 19.8. The van der Waals surface area contributed by atoms with Crippen LogP contribution in [0.15, 0.2) is 56.9 Å². The van der Waals surface area contributed by atoms with Gasteiger partial charge in [0.05, 0.1) is 5.57 Å².